The molecular formula is C19H22N4O4S. The largest absolute Gasteiger partial charge is 0.397 e. The second-order valence-electron chi connectivity index (χ2n) is 5.95. The van der Waals surface area contributed by atoms with Gasteiger partial charge in [-0.25, -0.2) is 4.79 Å². The molecule has 0 radical (unpaired) electrons. The van der Waals surface area contributed by atoms with E-state index in [1.54, 1.807) is 18.2 Å². The molecule has 0 aliphatic carbocycles. The number of carbonyl (C=O) groups excluding carboxylic acids is 1. The SMILES string of the molecule is N#CCCCCCNC(=O)Nc1ccc(S(=O)(=O)Oc2ccccc2)cc1N. The molecule has 8 nitrogen and oxygen atoms in total. The minimum Gasteiger partial charge on any atom is -0.397 e. The Morgan fingerprint density at radius 2 is 1.86 bits per heavy atom. The van der Waals surface area contributed by atoms with Gasteiger partial charge >= 0.3 is 16.1 Å². The Morgan fingerprint density at radius 3 is 2.54 bits per heavy atom. The summed E-state index contributed by atoms with van der Waals surface area (Å²) >= 11 is 0. The quantitative estimate of drug-likeness (QED) is 0.335. The number of amides is 2. The fraction of sp³-hybridized carbons (Fsp3) is 0.263. The van der Waals surface area contributed by atoms with Crippen LogP contribution in [0.25, 0.3) is 0 Å². The van der Waals surface area contributed by atoms with E-state index in [0.717, 1.165) is 19.3 Å². The lowest BCUT2D eigenvalue weighted by Crippen LogP contribution is -2.29. The molecule has 0 heterocycles. The van der Waals surface area contributed by atoms with E-state index in [0.29, 0.717) is 18.7 Å². The van der Waals surface area contributed by atoms with E-state index in [9.17, 15) is 13.2 Å². The van der Waals surface area contributed by atoms with Crippen molar-refractivity contribution in [2.24, 2.45) is 0 Å². The maximum Gasteiger partial charge on any atom is 0.339 e. The maximum atomic E-state index is 12.3. The molecule has 2 aromatic rings. The van der Waals surface area contributed by atoms with Crippen LogP contribution in [0.1, 0.15) is 25.7 Å². The average molecular weight is 402 g/mol. The first kappa shape index (κ1) is 21.1. The van der Waals surface area contributed by atoms with Gasteiger partial charge < -0.3 is 20.6 Å². The molecule has 0 bridgehead atoms. The lowest BCUT2D eigenvalue weighted by atomic mass is 10.2. The number of urea groups is 1. The van der Waals surface area contributed by atoms with Crippen molar-refractivity contribution in [3.05, 3.63) is 48.5 Å². The fourth-order valence-electron chi connectivity index (χ4n) is 2.34. The Morgan fingerprint density at radius 1 is 1.11 bits per heavy atom. The molecule has 0 aromatic heterocycles. The van der Waals surface area contributed by atoms with Crippen LogP contribution in [0.3, 0.4) is 0 Å². The summed E-state index contributed by atoms with van der Waals surface area (Å²) in [7, 11) is -4.04. The van der Waals surface area contributed by atoms with Crippen molar-refractivity contribution in [3.63, 3.8) is 0 Å². The number of para-hydroxylation sites is 1. The third kappa shape index (κ3) is 6.48. The van der Waals surface area contributed by atoms with Gasteiger partial charge in [0.2, 0.25) is 0 Å². The number of nitrogens with two attached hydrogens (primary N) is 1. The molecule has 0 aliphatic rings. The van der Waals surface area contributed by atoms with Crippen molar-refractivity contribution in [1.29, 1.82) is 5.26 Å². The van der Waals surface area contributed by atoms with Crippen LogP contribution in [0.2, 0.25) is 0 Å². The van der Waals surface area contributed by atoms with Crippen molar-refractivity contribution in [1.82, 2.24) is 5.32 Å². The molecule has 28 heavy (non-hydrogen) atoms. The highest BCUT2D eigenvalue weighted by atomic mass is 32.2. The number of nitrogens with one attached hydrogen (secondary N) is 2. The van der Waals surface area contributed by atoms with Gasteiger partial charge in [0.1, 0.15) is 10.6 Å². The molecular weight excluding hydrogens is 380 g/mol. The van der Waals surface area contributed by atoms with Gasteiger partial charge in [-0.1, -0.05) is 24.6 Å². The van der Waals surface area contributed by atoms with Crippen LogP contribution in [0, 0.1) is 11.3 Å². The molecule has 0 saturated heterocycles. The number of hydrogen-bond acceptors (Lipinski definition) is 6. The summed E-state index contributed by atoms with van der Waals surface area (Å²) in [6.07, 6.45) is 2.92. The zero-order valence-electron chi connectivity index (χ0n) is 15.2. The van der Waals surface area contributed by atoms with Gasteiger partial charge in [0, 0.05) is 13.0 Å². The van der Waals surface area contributed by atoms with Crippen LogP contribution in [-0.4, -0.2) is 21.0 Å². The van der Waals surface area contributed by atoms with Crippen LogP contribution in [0.5, 0.6) is 5.75 Å². The van der Waals surface area contributed by atoms with Crippen LogP contribution >= 0.6 is 0 Å². The van der Waals surface area contributed by atoms with Gasteiger partial charge in [-0.2, -0.15) is 13.7 Å². The molecule has 0 aliphatic heterocycles. The molecule has 0 spiro atoms. The summed E-state index contributed by atoms with van der Waals surface area (Å²) < 4.78 is 29.7. The van der Waals surface area contributed by atoms with Gasteiger partial charge in [-0.05, 0) is 43.2 Å². The number of unbranched alkanes of at least 4 members (excludes halogenated alkanes) is 3. The number of nitrogen functional groups attached to an aromatic ring is 1. The van der Waals surface area contributed by atoms with Gasteiger partial charge in [0.15, 0.2) is 0 Å². The fourth-order valence-corrected chi connectivity index (χ4v) is 3.30. The van der Waals surface area contributed by atoms with E-state index >= 15 is 0 Å². The molecule has 0 fully saturated rings. The van der Waals surface area contributed by atoms with E-state index < -0.39 is 16.1 Å². The van der Waals surface area contributed by atoms with E-state index in [2.05, 4.69) is 16.7 Å². The monoisotopic (exact) mass is 402 g/mol. The summed E-state index contributed by atoms with van der Waals surface area (Å²) in [5, 5.41) is 13.7. The standard InChI is InChI=1S/C19H22N4O4S/c20-12-6-1-2-7-13-22-19(24)23-18-11-10-16(14-17(18)21)28(25,26)27-15-8-4-3-5-9-15/h3-5,8-11,14H,1-2,6-7,13,21H2,(H2,22,23,24). The highest BCUT2D eigenvalue weighted by Gasteiger charge is 2.18. The summed E-state index contributed by atoms with van der Waals surface area (Å²) in [6, 6.07) is 13.7. The number of rotatable bonds is 9. The Bertz CT molecular complexity index is 940. The second kappa shape index (κ2) is 10.2. The second-order valence-corrected chi connectivity index (χ2v) is 7.50. The Hall–Kier alpha value is -3.25. The van der Waals surface area contributed by atoms with Gasteiger partial charge in [-0.3, -0.25) is 0 Å². The normalized spacial score (nSPS) is 10.7. The maximum absolute atomic E-state index is 12.3. The number of nitriles is 1. The third-order valence-electron chi connectivity index (χ3n) is 3.76. The number of nitrogens with zero attached hydrogens (tertiary/aromatic N) is 1. The molecule has 2 rings (SSSR count). The van der Waals surface area contributed by atoms with Crippen molar-refractivity contribution < 1.29 is 17.4 Å². The highest BCUT2D eigenvalue weighted by molar-refractivity contribution is 7.87. The van der Waals surface area contributed by atoms with Crippen LogP contribution in [-0.2, 0) is 10.1 Å². The number of hydrogen-bond donors (Lipinski definition) is 3. The first-order valence-electron chi connectivity index (χ1n) is 8.73. The Kier molecular flexibility index (Phi) is 7.65. The number of carbonyl (C=O) groups is 1. The van der Waals surface area contributed by atoms with Gasteiger partial charge in [0.05, 0.1) is 17.4 Å². The topological polar surface area (TPSA) is 134 Å². The summed E-state index contributed by atoms with van der Waals surface area (Å²) in [5.41, 5.74) is 6.27. The van der Waals surface area contributed by atoms with Gasteiger partial charge in [-0.15, -0.1) is 0 Å². The van der Waals surface area contributed by atoms with Crippen molar-refractivity contribution in [2.75, 3.05) is 17.6 Å². The average Bonchev–Trinajstić information content (AvgIpc) is 2.66. The Balaban J connectivity index is 1.92. The highest BCUT2D eigenvalue weighted by Crippen LogP contribution is 2.25. The summed E-state index contributed by atoms with van der Waals surface area (Å²) in [4.78, 5) is 11.8. The molecule has 2 aromatic carbocycles. The zero-order chi connectivity index (χ0) is 20.4. The smallest absolute Gasteiger partial charge is 0.339 e. The summed E-state index contributed by atoms with van der Waals surface area (Å²) in [6.45, 7) is 0.467. The number of benzene rings is 2. The molecule has 9 heteroatoms. The molecule has 0 saturated carbocycles. The first-order valence-corrected chi connectivity index (χ1v) is 10.1. The molecule has 4 N–H and O–H groups in total. The Labute approximate surface area is 164 Å². The predicted molar refractivity (Wildman–Crippen MR) is 106 cm³/mol. The minimum absolute atomic E-state index is 0.0990. The molecule has 0 unspecified atom stereocenters. The van der Waals surface area contributed by atoms with Crippen LogP contribution < -0.4 is 20.6 Å². The van der Waals surface area contributed by atoms with E-state index in [-0.39, 0.29) is 16.3 Å². The van der Waals surface area contributed by atoms with Crippen LogP contribution in [0.4, 0.5) is 16.2 Å². The molecule has 2 amide bonds. The van der Waals surface area contributed by atoms with Crippen LogP contribution in [0.15, 0.2) is 53.4 Å². The van der Waals surface area contributed by atoms with E-state index in [1.807, 2.05) is 0 Å². The zero-order valence-corrected chi connectivity index (χ0v) is 16.0. The first-order chi connectivity index (χ1) is 13.4. The summed E-state index contributed by atoms with van der Waals surface area (Å²) in [5.74, 6) is 0.192. The molecule has 148 valence electrons. The molecule has 0 atom stereocenters. The van der Waals surface area contributed by atoms with Crippen molar-refractivity contribution >= 4 is 27.5 Å². The number of anilines is 2. The lowest BCUT2D eigenvalue weighted by Gasteiger charge is -2.12. The van der Waals surface area contributed by atoms with E-state index in [4.69, 9.17) is 15.2 Å². The van der Waals surface area contributed by atoms with E-state index in [1.165, 1.54) is 30.3 Å². The van der Waals surface area contributed by atoms with Crippen molar-refractivity contribution in [3.8, 4) is 11.8 Å². The third-order valence-corrected chi connectivity index (χ3v) is 5.00. The minimum atomic E-state index is -4.04. The lowest BCUT2D eigenvalue weighted by molar-refractivity contribution is 0.252. The predicted octanol–water partition coefficient (Wildman–Crippen LogP) is 3.24. The van der Waals surface area contributed by atoms with Gasteiger partial charge in [0.25, 0.3) is 0 Å². The van der Waals surface area contributed by atoms with Crippen molar-refractivity contribution in [2.45, 2.75) is 30.6 Å².